The van der Waals surface area contributed by atoms with Crippen LogP contribution in [0.4, 0.5) is 4.79 Å². The SMILES string of the molecule is COc1ccc2nc(CCCCCC3C4CC(C4)CC3OC(=O)NC(C(=O)N3CCC(C)C3C(=O)C(C)C)C(C)(C)C)c(=O)[nH]c2c1. The number of rotatable bonds is 12. The largest absolute Gasteiger partial charge is 0.497 e. The molecule has 1 aliphatic heterocycles. The number of hydrogen-bond donors (Lipinski definition) is 2. The second-order valence-corrected chi connectivity index (χ2v) is 15.7. The molecule has 4 aliphatic rings. The van der Waals surface area contributed by atoms with E-state index in [0.717, 1.165) is 44.0 Å². The van der Waals surface area contributed by atoms with Gasteiger partial charge in [-0.2, -0.15) is 0 Å². The maximum absolute atomic E-state index is 13.9. The number of Topliss-reactive ketones (excluding diaryl/α,β-unsaturated/α-hetero) is 1. The lowest BCUT2D eigenvalue weighted by Gasteiger charge is -2.50. The molecule has 10 nitrogen and oxygen atoms in total. The third kappa shape index (κ3) is 7.83. The summed E-state index contributed by atoms with van der Waals surface area (Å²) in [6.45, 7) is 12.1. The fraction of sp³-hybridized carbons (Fsp3) is 0.703. The van der Waals surface area contributed by atoms with E-state index >= 15 is 0 Å². The fourth-order valence-corrected chi connectivity index (χ4v) is 8.02. The van der Waals surface area contributed by atoms with Gasteiger partial charge in [-0.15, -0.1) is 0 Å². The first kappa shape index (κ1) is 34.9. The zero-order valence-corrected chi connectivity index (χ0v) is 29.3. The van der Waals surface area contributed by atoms with Crippen LogP contribution in [0.2, 0.25) is 0 Å². The van der Waals surface area contributed by atoms with Crippen molar-refractivity contribution in [2.75, 3.05) is 13.7 Å². The first-order valence-corrected chi connectivity index (χ1v) is 17.6. The van der Waals surface area contributed by atoms with Gasteiger partial charge in [-0.05, 0) is 86.2 Å². The summed E-state index contributed by atoms with van der Waals surface area (Å²) >= 11 is 0. The molecular weight excluding hydrogens is 596 g/mol. The van der Waals surface area contributed by atoms with Gasteiger partial charge in [-0.25, -0.2) is 9.78 Å². The summed E-state index contributed by atoms with van der Waals surface area (Å²) in [6.07, 6.45) is 7.65. The summed E-state index contributed by atoms with van der Waals surface area (Å²) in [6, 6.07) is 4.22. The molecule has 3 aliphatic carbocycles. The van der Waals surface area contributed by atoms with E-state index in [-0.39, 0.29) is 35.2 Å². The number of hydrogen-bond acceptors (Lipinski definition) is 7. The molecule has 2 heterocycles. The number of aromatic amines is 1. The van der Waals surface area contributed by atoms with Crippen molar-refractivity contribution in [1.29, 1.82) is 0 Å². The molecule has 2 bridgehead atoms. The Balaban J connectivity index is 1.15. The zero-order valence-electron chi connectivity index (χ0n) is 29.3. The highest BCUT2D eigenvalue weighted by molar-refractivity contribution is 5.94. The lowest BCUT2D eigenvalue weighted by atomic mass is 9.58. The first-order valence-electron chi connectivity index (χ1n) is 17.6. The predicted octanol–water partition coefficient (Wildman–Crippen LogP) is 6.05. The van der Waals surface area contributed by atoms with Gasteiger partial charge < -0.3 is 24.7 Å². The van der Waals surface area contributed by atoms with Gasteiger partial charge in [0.15, 0.2) is 5.78 Å². The standard InChI is InChI=1S/C37H54N4O6/c1-21(2)32(42)31-22(3)15-16-41(31)35(44)33(37(4,5)6)40-36(45)47-30-19-23-17-24(18-23)26(30)11-9-8-10-12-28-34(43)39-29-20-25(46-7)13-14-27(29)38-28/h13-14,20-24,26,30-31,33H,8-12,15-19H2,1-7H3,(H,39,43)(H,40,45). The van der Waals surface area contributed by atoms with E-state index in [1.807, 2.05) is 53.7 Å². The molecule has 258 valence electrons. The van der Waals surface area contributed by atoms with E-state index in [2.05, 4.69) is 15.3 Å². The van der Waals surface area contributed by atoms with Crippen LogP contribution in [0.1, 0.15) is 98.6 Å². The Morgan fingerprint density at radius 1 is 1.11 bits per heavy atom. The predicted molar refractivity (Wildman–Crippen MR) is 181 cm³/mol. The first-order chi connectivity index (χ1) is 22.3. The Morgan fingerprint density at radius 2 is 1.85 bits per heavy atom. The number of ketones is 1. The number of unbranched alkanes of at least 4 members (excludes halogenated alkanes) is 2. The highest BCUT2D eigenvalue weighted by Gasteiger charge is 2.48. The minimum atomic E-state index is -0.798. The third-order valence-electron chi connectivity index (χ3n) is 10.8. The molecule has 1 aromatic carbocycles. The molecule has 47 heavy (non-hydrogen) atoms. The average molecular weight is 651 g/mol. The number of fused-ring (bicyclic) bond motifs is 3. The number of H-pyrrole nitrogens is 1. The van der Waals surface area contributed by atoms with Crippen LogP contribution >= 0.6 is 0 Å². The molecule has 10 heteroatoms. The van der Waals surface area contributed by atoms with E-state index < -0.39 is 23.6 Å². The van der Waals surface area contributed by atoms with Crippen LogP contribution in [0.5, 0.6) is 5.75 Å². The molecule has 5 atom stereocenters. The van der Waals surface area contributed by atoms with Gasteiger partial charge in [0.2, 0.25) is 5.91 Å². The van der Waals surface area contributed by atoms with Crippen molar-refractivity contribution in [3.05, 3.63) is 34.2 Å². The fourth-order valence-electron chi connectivity index (χ4n) is 8.02. The van der Waals surface area contributed by atoms with E-state index in [9.17, 15) is 19.2 Å². The molecule has 0 spiro atoms. The Kier molecular flexibility index (Phi) is 10.7. The molecule has 4 fully saturated rings. The van der Waals surface area contributed by atoms with Gasteiger partial charge in [0, 0.05) is 18.5 Å². The number of aryl methyl sites for hydroxylation is 1. The molecular formula is C37H54N4O6. The van der Waals surface area contributed by atoms with E-state index in [1.54, 1.807) is 18.1 Å². The molecule has 2 aromatic rings. The van der Waals surface area contributed by atoms with E-state index in [0.29, 0.717) is 47.7 Å². The van der Waals surface area contributed by atoms with Crippen LogP contribution in [0.25, 0.3) is 11.0 Å². The van der Waals surface area contributed by atoms with Crippen LogP contribution in [0.15, 0.2) is 23.0 Å². The number of carbonyl (C=O) groups excluding carboxylic acids is 3. The number of ether oxygens (including phenoxy) is 2. The van der Waals surface area contributed by atoms with E-state index in [4.69, 9.17) is 9.47 Å². The molecule has 2 N–H and O–H groups in total. The number of nitrogens with one attached hydrogen (secondary N) is 2. The van der Waals surface area contributed by atoms with Gasteiger partial charge in [0.1, 0.15) is 23.6 Å². The van der Waals surface area contributed by atoms with Crippen molar-refractivity contribution in [3.63, 3.8) is 0 Å². The van der Waals surface area contributed by atoms with Crippen molar-refractivity contribution in [2.24, 2.45) is 35.0 Å². The molecule has 5 unspecified atom stereocenters. The molecule has 6 rings (SSSR count). The second-order valence-electron chi connectivity index (χ2n) is 15.7. The van der Waals surface area contributed by atoms with Crippen molar-refractivity contribution in [3.8, 4) is 5.75 Å². The quantitative estimate of drug-likeness (QED) is 0.267. The maximum Gasteiger partial charge on any atom is 0.408 e. The van der Waals surface area contributed by atoms with Crippen LogP contribution < -0.4 is 15.6 Å². The Hall–Kier alpha value is -3.43. The zero-order chi connectivity index (χ0) is 34.0. The lowest BCUT2D eigenvalue weighted by molar-refractivity contribution is -0.143. The average Bonchev–Trinajstić information content (AvgIpc) is 3.39. The Labute approximate surface area is 278 Å². The number of methoxy groups -OCH3 is 1. The second kappa shape index (κ2) is 14.4. The maximum atomic E-state index is 13.9. The van der Waals surface area contributed by atoms with Crippen LogP contribution in [-0.2, 0) is 20.7 Å². The molecule has 3 saturated carbocycles. The molecule has 2 amide bonds. The Morgan fingerprint density at radius 3 is 2.53 bits per heavy atom. The van der Waals surface area contributed by atoms with Gasteiger partial charge in [-0.3, -0.25) is 14.4 Å². The molecule has 1 aromatic heterocycles. The van der Waals surface area contributed by atoms with Gasteiger partial charge in [-0.1, -0.05) is 54.4 Å². The molecule has 0 radical (unpaired) electrons. The number of amides is 2. The van der Waals surface area contributed by atoms with Crippen molar-refractivity contribution >= 4 is 28.8 Å². The monoisotopic (exact) mass is 650 g/mol. The topological polar surface area (TPSA) is 131 Å². The van der Waals surface area contributed by atoms with Crippen molar-refractivity contribution < 1.29 is 23.9 Å². The normalized spacial score (nSPS) is 26.2. The number of likely N-dealkylation sites (tertiary alicyclic amines) is 1. The van der Waals surface area contributed by atoms with Gasteiger partial charge in [0.25, 0.3) is 5.56 Å². The summed E-state index contributed by atoms with van der Waals surface area (Å²) in [5.74, 6) is 1.90. The minimum absolute atomic E-state index is 0.0734. The Bertz CT molecular complexity index is 1510. The van der Waals surface area contributed by atoms with Crippen LogP contribution in [0, 0.1) is 35.0 Å². The lowest BCUT2D eigenvalue weighted by Crippen LogP contribution is -2.58. The number of benzene rings is 1. The number of alkyl carbamates (subject to hydrolysis) is 1. The smallest absolute Gasteiger partial charge is 0.408 e. The highest BCUT2D eigenvalue weighted by atomic mass is 16.6. The summed E-state index contributed by atoms with van der Waals surface area (Å²) in [7, 11) is 1.59. The van der Waals surface area contributed by atoms with Crippen LogP contribution in [0.3, 0.4) is 0 Å². The molecule has 1 saturated heterocycles. The van der Waals surface area contributed by atoms with Crippen molar-refractivity contribution in [2.45, 2.75) is 118 Å². The van der Waals surface area contributed by atoms with Gasteiger partial charge in [0.05, 0.1) is 24.2 Å². The number of nitrogens with zero attached hydrogens (tertiary/aromatic N) is 2. The third-order valence-corrected chi connectivity index (χ3v) is 10.8. The minimum Gasteiger partial charge on any atom is -0.497 e. The van der Waals surface area contributed by atoms with E-state index in [1.165, 1.54) is 12.8 Å². The summed E-state index contributed by atoms with van der Waals surface area (Å²) in [5.41, 5.74) is 1.24. The summed E-state index contributed by atoms with van der Waals surface area (Å²) in [5, 5.41) is 2.94. The summed E-state index contributed by atoms with van der Waals surface area (Å²) in [4.78, 5) is 62.2. The van der Waals surface area contributed by atoms with Crippen LogP contribution in [-0.4, -0.2) is 64.5 Å². The van der Waals surface area contributed by atoms with Gasteiger partial charge >= 0.3 is 6.09 Å². The summed E-state index contributed by atoms with van der Waals surface area (Å²) < 4.78 is 11.4. The highest BCUT2D eigenvalue weighted by Crippen LogP contribution is 2.51. The van der Waals surface area contributed by atoms with Crippen molar-refractivity contribution in [1.82, 2.24) is 20.2 Å². The number of aromatic nitrogens is 2. The number of carbonyl (C=O) groups is 3.